The molecule has 312 valence electrons. The Morgan fingerprint density at radius 2 is 1.22 bits per heavy atom. The van der Waals surface area contributed by atoms with Gasteiger partial charge in [0.1, 0.15) is 17.3 Å². The van der Waals surface area contributed by atoms with Crippen LogP contribution in [0.25, 0.3) is 83.6 Å². The van der Waals surface area contributed by atoms with Crippen LogP contribution in [0.15, 0.2) is 224 Å². The highest BCUT2D eigenvalue weighted by atomic mass is 16.5. The summed E-state index contributed by atoms with van der Waals surface area (Å²) in [5.74, 6) is 1.86. The van der Waals surface area contributed by atoms with E-state index in [4.69, 9.17) is 23.4 Å². The zero-order valence-electron chi connectivity index (χ0n) is 45.8. The topological polar surface area (TPSA) is 35.9 Å². The summed E-state index contributed by atoms with van der Waals surface area (Å²) in [6, 6.07) is 43.3. The van der Waals surface area contributed by atoms with Gasteiger partial charge in [0.05, 0.1) is 41.8 Å². The molecule has 11 rings (SSSR count). The number of para-hydroxylation sites is 1. The van der Waals surface area contributed by atoms with Crippen molar-refractivity contribution in [2.24, 2.45) is 0 Å². The van der Waals surface area contributed by atoms with Gasteiger partial charge in [0.2, 0.25) is 0 Å². The Morgan fingerprint density at radius 3 is 1.91 bits per heavy atom. The minimum atomic E-state index is -0.572. The van der Waals surface area contributed by atoms with Crippen LogP contribution in [0.2, 0.25) is 0 Å². The van der Waals surface area contributed by atoms with Crippen LogP contribution < -0.4 is 9.30 Å². The number of aromatic nitrogens is 4. The number of nitrogens with zero attached hydrogens (tertiary/aromatic N) is 4. The molecule has 0 aliphatic rings. The van der Waals surface area contributed by atoms with E-state index in [-0.39, 0.29) is 33.4 Å². The average Bonchev–Trinajstić information content (AvgIpc) is 4.03. The summed E-state index contributed by atoms with van der Waals surface area (Å²) < 4.78 is 99.9. The molecule has 0 amide bonds. The molecule has 0 aliphatic carbocycles. The minimum absolute atomic E-state index is 0.116. The average molecular weight is 849 g/mol. The summed E-state index contributed by atoms with van der Waals surface area (Å²) >= 11 is 0. The molecule has 0 aliphatic heterocycles. The maximum absolute atomic E-state index is 9.09. The van der Waals surface area contributed by atoms with Crippen molar-refractivity contribution >= 4 is 21.8 Å². The molecule has 5 heteroatoms. The van der Waals surface area contributed by atoms with Gasteiger partial charge in [-0.2, -0.15) is 0 Å². The van der Waals surface area contributed by atoms with E-state index in [9.17, 15) is 0 Å². The van der Waals surface area contributed by atoms with E-state index >= 15 is 0 Å². The second kappa shape index (κ2) is 16.4. The van der Waals surface area contributed by atoms with Crippen molar-refractivity contribution in [3.05, 3.63) is 236 Å². The summed E-state index contributed by atoms with van der Waals surface area (Å²) in [5, 5.41) is 2.09. The van der Waals surface area contributed by atoms with Crippen LogP contribution in [-0.2, 0) is 5.41 Å². The first-order valence-electron chi connectivity index (χ1n) is 26.3. The lowest BCUT2D eigenvalue weighted by Gasteiger charge is -2.20. The summed E-state index contributed by atoms with van der Waals surface area (Å²) in [6.45, 7) is 6.55. The Bertz CT molecular complexity index is 3950. The number of ether oxygens (including phenoxy) is 1. The Morgan fingerprint density at radius 1 is 0.554 bits per heavy atom. The largest absolute Gasteiger partial charge is 0.458 e. The molecule has 0 unspecified atom stereocenters. The molecule has 0 fully saturated rings. The van der Waals surface area contributed by atoms with Crippen LogP contribution in [0, 0.1) is 6.33 Å². The van der Waals surface area contributed by atoms with Gasteiger partial charge in [-0.05, 0) is 105 Å². The predicted octanol–water partition coefficient (Wildman–Crippen LogP) is 14.8. The SMILES string of the molecule is [2H]c1c([2H])c([2H])c(-c2cccc(-c3c([2H])c([2H])c([2H])c([2H])c3[2H])c2-[n+]2[c-]n(-c3cccc(Oc4ccc5c6cc(-c7ccccc7)ccc6n(-c6cc(C(C)(C)C)ccn6)c5c4)c3)cc2-c2ccccc2)c([2H])c1[2H]. The molecule has 3 heterocycles. The van der Waals surface area contributed by atoms with Crippen molar-refractivity contribution in [3.8, 4) is 73.3 Å². The molecule has 3 aromatic heterocycles. The Balaban J connectivity index is 1.08. The smallest absolute Gasteiger partial charge is 0.269 e. The molecule has 5 nitrogen and oxygen atoms in total. The molecule has 0 atom stereocenters. The van der Waals surface area contributed by atoms with Gasteiger partial charge in [-0.15, -0.1) is 0 Å². The molecule has 0 bridgehead atoms. The van der Waals surface area contributed by atoms with Crippen LogP contribution in [0.1, 0.15) is 40.0 Å². The Kier molecular flexibility index (Phi) is 7.57. The lowest BCUT2D eigenvalue weighted by Crippen LogP contribution is -2.33. The first kappa shape index (κ1) is 29.9. The molecule has 0 saturated carbocycles. The van der Waals surface area contributed by atoms with E-state index in [1.807, 2.05) is 97.3 Å². The third-order valence-electron chi connectivity index (χ3n) is 11.6. The molecule has 0 spiro atoms. The number of benzene rings is 8. The zero-order chi connectivity index (χ0) is 52.6. The van der Waals surface area contributed by atoms with Gasteiger partial charge in [-0.3, -0.25) is 13.7 Å². The van der Waals surface area contributed by atoms with Gasteiger partial charge in [0.25, 0.3) is 6.33 Å². The van der Waals surface area contributed by atoms with Crippen LogP contribution in [0.4, 0.5) is 0 Å². The number of hydrogen-bond acceptors (Lipinski definition) is 2. The monoisotopic (exact) mass is 848 g/mol. The highest BCUT2D eigenvalue weighted by Gasteiger charge is 2.22. The third-order valence-corrected chi connectivity index (χ3v) is 11.6. The van der Waals surface area contributed by atoms with Crippen molar-refractivity contribution in [1.29, 1.82) is 0 Å². The van der Waals surface area contributed by atoms with E-state index in [1.54, 1.807) is 27.3 Å². The van der Waals surface area contributed by atoms with E-state index in [2.05, 4.69) is 80.2 Å². The van der Waals surface area contributed by atoms with Gasteiger partial charge >= 0.3 is 0 Å². The molecule has 0 N–H and O–H groups in total. The van der Waals surface area contributed by atoms with Gasteiger partial charge < -0.3 is 4.74 Å². The van der Waals surface area contributed by atoms with Crippen LogP contribution >= 0.6 is 0 Å². The van der Waals surface area contributed by atoms with Crippen molar-refractivity contribution in [3.63, 3.8) is 0 Å². The Labute approximate surface area is 393 Å². The molecule has 0 saturated heterocycles. The summed E-state index contributed by atoms with van der Waals surface area (Å²) in [5.41, 5.74) is 7.15. The van der Waals surface area contributed by atoms with E-state index in [0.717, 1.165) is 44.3 Å². The third kappa shape index (κ3) is 7.57. The summed E-state index contributed by atoms with van der Waals surface area (Å²) in [6.07, 6.45) is 7.12. The maximum Gasteiger partial charge on any atom is 0.269 e. The van der Waals surface area contributed by atoms with Crippen molar-refractivity contribution in [1.82, 2.24) is 14.1 Å². The fraction of sp³-hybridized carbons (Fsp3) is 0.0667. The normalized spacial score (nSPS) is 13.8. The first-order valence-corrected chi connectivity index (χ1v) is 21.3. The van der Waals surface area contributed by atoms with Gasteiger partial charge in [0.15, 0.2) is 0 Å². The van der Waals surface area contributed by atoms with Gasteiger partial charge in [0, 0.05) is 29.2 Å². The van der Waals surface area contributed by atoms with E-state index < -0.39 is 60.4 Å². The van der Waals surface area contributed by atoms with Gasteiger partial charge in [-0.1, -0.05) is 172 Å². The molecule has 8 aromatic carbocycles. The lowest BCUT2D eigenvalue weighted by molar-refractivity contribution is -0.586. The molecular formula is C60H46N4O. The zero-order valence-corrected chi connectivity index (χ0v) is 35.8. The first-order chi connectivity index (χ1) is 36.0. The second-order valence-electron chi connectivity index (χ2n) is 16.8. The number of fused-ring (bicyclic) bond motifs is 3. The number of rotatable bonds is 9. The second-order valence-corrected chi connectivity index (χ2v) is 16.8. The fourth-order valence-corrected chi connectivity index (χ4v) is 8.40. The van der Waals surface area contributed by atoms with Crippen LogP contribution in [0.5, 0.6) is 11.5 Å². The number of pyridine rings is 1. The molecular weight excluding hydrogens is 793 g/mol. The van der Waals surface area contributed by atoms with Crippen molar-refractivity contribution in [2.75, 3.05) is 0 Å². The molecule has 0 radical (unpaired) electrons. The van der Waals surface area contributed by atoms with E-state index in [0.29, 0.717) is 28.4 Å². The summed E-state index contributed by atoms with van der Waals surface area (Å²) in [7, 11) is 0. The highest BCUT2D eigenvalue weighted by molar-refractivity contribution is 6.10. The van der Waals surface area contributed by atoms with Crippen LogP contribution in [-0.4, -0.2) is 14.1 Å². The minimum Gasteiger partial charge on any atom is -0.458 e. The summed E-state index contributed by atoms with van der Waals surface area (Å²) in [4.78, 5) is 4.90. The fourth-order valence-electron chi connectivity index (χ4n) is 8.40. The number of imidazole rings is 1. The van der Waals surface area contributed by atoms with E-state index in [1.165, 1.54) is 0 Å². The standard InChI is InChI=1S/C60H46N4O/c1-60(2,3)47-34-35-61-58(37-47)64-55-33-30-46(42-18-8-4-9-19-42)36-54(55)53-32-31-50(39-56(53)64)65-49-27-16-26-48(38-49)62-40-57(45-24-14-7-15-25-45)63(41-62)59-51(43-20-10-5-11-21-43)28-17-29-52(59)44-22-12-6-13-23-44/h4-40H,1-3H3/i5D,6D,10D,11D,12D,13D,20D,21D,22D,23D. The van der Waals surface area contributed by atoms with Crippen LogP contribution in [0.3, 0.4) is 0 Å². The lowest BCUT2D eigenvalue weighted by atomic mass is 9.88. The Hall–Kier alpha value is -8.28. The highest BCUT2D eigenvalue weighted by Crippen LogP contribution is 2.39. The molecule has 65 heavy (non-hydrogen) atoms. The predicted molar refractivity (Wildman–Crippen MR) is 265 cm³/mol. The quantitative estimate of drug-likeness (QED) is 0.107. The number of hydrogen-bond donors (Lipinski definition) is 0. The van der Waals surface area contributed by atoms with Crippen molar-refractivity contribution < 1.29 is 23.0 Å². The molecule has 11 aromatic rings. The maximum atomic E-state index is 9.09. The van der Waals surface area contributed by atoms with Crippen molar-refractivity contribution in [2.45, 2.75) is 26.2 Å². The van der Waals surface area contributed by atoms with Gasteiger partial charge in [-0.25, -0.2) is 4.98 Å².